The molecule has 0 aliphatic carbocycles. The summed E-state index contributed by atoms with van der Waals surface area (Å²) in [5, 5.41) is 3.02. The van der Waals surface area contributed by atoms with E-state index in [4.69, 9.17) is 4.74 Å². The van der Waals surface area contributed by atoms with Crippen LogP contribution in [-0.4, -0.2) is 26.1 Å². The van der Waals surface area contributed by atoms with Gasteiger partial charge in [0.25, 0.3) is 0 Å². The number of para-hydroxylation sites is 1. The van der Waals surface area contributed by atoms with Gasteiger partial charge in [0.15, 0.2) is 5.75 Å². The highest BCUT2D eigenvalue weighted by Gasteiger charge is 2.44. The summed E-state index contributed by atoms with van der Waals surface area (Å²) >= 11 is 0. The highest BCUT2D eigenvalue weighted by atomic mass is 19.4. The Hall–Kier alpha value is -1.43. The monoisotopic (exact) mass is 259 g/mol. The highest BCUT2D eigenvalue weighted by Crippen LogP contribution is 2.47. The molecule has 1 saturated heterocycles. The van der Waals surface area contributed by atoms with Crippen molar-refractivity contribution in [2.45, 2.75) is 18.2 Å². The molecule has 1 aromatic carbocycles. The van der Waals surface area contributed by atoms with Gasteiger partial charge in [0.05, 0.1) is 12.3 Å². The van der Waals surface area contributed by atoms with Gasteiger partial charge in [0.1, 0.15) is 0 Å². The second-order valence-corrected chi connectivity index (χ2v) is 4.66. The molecule has 0 aromatic heterocycles. The molecule has 3 nitrogen and oxygen atoms in total. The maximum absolute atomic E-state index is 12.3. The summed E-state index contributed by atoms with van der Waals surface area (Å²) < 4.78 is 46.3. The van der Waals surface area contributed by atoms with Crippen molar-refractivity contribution in [2.24, 2.45) is 0 Å². The molecular formula is C12H12F3NO2. The maximum Gasteiger partial charge on any atom is 0.573 e. The van der Waals surface area contributed by atoms with Crippen molar-refractivity contribution in [3.8, 4) is 5.75 Å². The standard InChI is InChI=1S/C12H12F3NO2/c13-12(14,15)18-9-3-1-2-8-10(9)16-6-11(8)4-5-17-7-11/h1-3,16H,4-7H2. The minimum Gasteiger partial charge on any atom is -0.404 e. The highest BCUT2D eigenvalue weighted by molar-refractivity contribution is 5.69. The summed E-state index contributed by atoms with van der Waals surface area (Å²) in [6.45, 7) is 1.79. The van der Waals surface area contributed by atoms with Crippen molar-refractivity contribution >= 4 is 5.69 Å². The fraction of sp³-hybridized carbons (Fsp3) is 0.500. The van der Waals surface area contributed by atoms with E-state index in [9.17, 15) is 13.2 Å². The zero-order valence-corrected chi connectivity index (χ0v) is 9.51. The van der Waals surface area contributed by atoms with Crippen LogP contribution >= 0.6 is 0 Å². The number of halogens is 3. The Bertz CT molecular complexity index is 467. The first kappa shape index (κ1) is 11.6. The van der Waals surface area contributed by atoms with Crippen molar-refractivity contribution in [3.05, 3.63) is 23.8 Å². The Labute approximate surface area is 102 Å². The lowest BCUT2D eigenvalue weighted by Crippen LogP contribution is -2.28. The van der Waals surface area contributed by atoms with Crippen LogP contribution in [0, 0.1) is 0 Å². The average molecular weight is 259 g/mol. The Kier molecular flexibility index (Phi) is 2.45. The van der Waals surface area contributed by atoms with Crippen LogP contribution in [0.25, 0.3) is 0 Å². The number of fused-ring (bicyclic) bond motifs is 2. The van der Waals surface area contributed by atoms with Crippen molar-refractivity contribution in [1.29, 1.82) is 0 Å². The lowest BCUT2D eigenvalue weighted by molar-refractivity contribution is -0.274. The van der Waals surface area contributed by atoms with E-state index in [0.717, 1.165) is 12.0 Å². The first-order valence-electron chi connectivity index (χ1n) is 5.71. The van der Waals surface area contributed by atoms with Gasteiger partial charge in [-0.15, -0.1) is 13.2 Å². The van der Waals surface area contributed by atoms with Gasteiger partial charge >= 0.3 is 6.36 Å². The Morgan fingerprint density at radius 3 is 2.83 bits per heavy atom. The number of ether oxygens (including phenoxy) is 2. The van der Waals surface area contributed by atoms with E-state index in [1.54, 1.807) is 6.07 Å². The van der Waals surface area contributed by atoms with E-state index in [2.05, 4.69) is 10.1 Å². The molecule has 2 heterocycles. The summed E-state index contributed by atoms with van der Waals surface area (Å²) in [5.41, 5.74) is 1.11. The molecule has 1 aromatic rings. The van der Waals surface area contributed by atoms with Crippen LogP contribution in [0.1, 0.15) is 12.0 Å². The number of benzene rings is 1. The molecule has 0 saturated carbocycles. The zero-order chi connectivity index (χ0) is 12.8. The van der Waals surface area contributed by atoms with Gasteiger partial charge in [-0.1, -0.05) is 12.1 Å². The van der Waals surface area contributed by atoms with Crippen LogP contribution in [0.15, 0.2) is 18.2 Å². The van der Waals surface area contributed by atoms with Crippen LogP contribution in [0.3, 0.4) is 0 Å². The van der Waals surface area contributed by atoms with Gasteiger partial charge in [0, 0.05) is 18.6 Å². The van der Waals surface area contributed by atoms with E-state index in [1.807, 2.05) is 6.07 Å². The summed E-state index contributed by atoms with van der Waals surface area (Å²) in [7, 11) is 0. The number of rotatable bonds is 1. The lowest BCUT2D eigenvalue weighted by atomic mass is 9.82. The van der Waals surface area contributed by atoms with Gasteiger partial charge in [-0.25, -0.2) is 0 Å². The molecular weight excluding hydrogens is 247 g/mol. The molecule has 1 fully saturated rings. The van der Waals surface area contributed by atoms with Crippen molar-refractivity contribution in [3.63, 3.8) is 0 Å². The van der Waals surface area contributed by atoms with E-state index in [0.29, 0.717) is 25.4 Å². The van der Waals surface area contributed by atoms with E-state index < -0.39 is 6.36 Å². The predicted molar refractivity (Wildman–Crippen MR) is 58.7 cm³/mol. The molecule has 1 atom stereocenters. The molecule has 18 heavy (non-hydrogen) atoms. The van der Waals surface area contributed by atoms with Crippen LogP contribution in [-0.2, 0) is 10.2 Å². The van der Waals surface area contributed by atoms with Crippen LogP contribution < -0.4 is 10.1 Å². The zero-order valence-electron chi connectivity index (χ0n) is 9.51. The van der Waals surface area contributed by atoms with Gasteiger partial charge in [-0.2, -0.15) is 0 Å². The second-order valence-electron chi connectivity index (χ2n) is 4.66. The number of hydrogen-bond donors (Lipinski definition) is 1. The molecule has 2 aliphatic heterocycles. The minimum atomic E-state index is -4.67. The van der Waals surface area contributed by atoms with Crippen LogP contribution in [0.4, 0.5) is 18.9 Å². The summed E-state index contributed by atoms with van der Waals surface area (Å²) in [5.74, 6) is -0.163. The second kappa shape index (κ2) is 3.78. The predicted octanol–water partition coefficient (Wildman–Crippen LogP) is 2.67. The largest absolute Gasteiger partial charge is 0.573 e. The number of anilines is 1. The number of nitrogens with one attached hydrogen (secondary N) is 1. The third kappa shape index (κ3) is 1.80. The molecule has 0 amide bonds. The Morgan fingerprint density at radius 2 is 2.17 bits per heavy atom. The van der Waals surface area contributed by atoms with Gasteiger partial charge < -0.3 is 14.8 Å². The van der Waals surface area contributed by atoms with E-state index in [-0.39, 0.29) is 11.2 Å². The van der Waals surface area contributed by atoms with Crippen molar-refractivity contribution in [2.75, 3.05) is 25.1 Å². The quantitative estimate of drug-likeness (QED) is 0.841. The molecule has 0 bridgehead atoms. The molecule has 1 unspecified atom stereocenters. The van der Waals surface area contributed by atoms with Crippen molar-refractivity contribution in [1.82, 2.24) is 0 Å². The fourth-order valence-electron chi connectivity index (χ4n) is 2.68. The first-order valence-corrected chi connectivity index (χ1v) is 5.71. The fourth-order valence-corrected chi connectivity index (χ4v) is 2.68. The molecule has 2 aliphatic rings. The normalized spacial score (nSPS) is 26.2. The molecule has 0 radical (unpaired) electrons. The van der Waals surface area contributed by atoms with Crippen molar-refractivity contribution < 1.29 is 22.6 Å². The molecule has 3 rings (SSSR count). The topological polar surface area (TPSA) is 30.5 Å². The summed E-state index contributed by atoms with van der Waals surface area (Å²) in [6, 6.07) is 4.76. The third-order valence-corrected chi connectivity index (χ3v) is 3.53. The average Bonchev–Trinajstić information content (AvgIpc) is 2.88. The third-order valence-electron chi connectivity index (χ3n) is 3.53. The minimum absolute atomic E-state index is 0.163. The summed E-state index contributed by atoms with van der Waals surface area (Å²) in [6.07, 6.45) is -3.85. The van der Waals surface area contributed by atoms with Gasteiger partial charge in [-0.05, 0) is 18.1 Å². The smallest absolute Gasteiger partial charge is 0.404 e. The van der Waals surface area contributed by atoms with E-state index in [1.165, 1.54) is 6.07 Å². The first-order chi connectivity index (χ1) is 8.50. The SMILES string of the molecule is FC(F)(F)Oc1cccc2c1NCC21CCOC1. The molecule has 1 N–H and O–H groups in total. The number of alkyl halides is 3. The van der Waals surface area contributed by atoms with E-state index >= 15 is 0 Å². The number of hydrogen-bond acceptors (Lipinski definition) is 3. The Balaban J connectivity index is 1.99. The summed E-state index contributed by atoms with van der Waals surface area (Å²) in [4.78, 5) is 0. The van der Waals surface area contributed by atoms with Gasteiger partial charge in [0.2, 0.25) is 0 Å². The maximum atomic E-state index is 12.3. The van der Waals surface area contributed by atoms with Crippen LogP contribution in [0.2, 0.25) is 0 Å². The van der Waals surface area contributed by atoms with Gasteiger partial charge in [-0.3, -0.25) is 0 Å². The molecule has 6 heteroatoms. The van der Waals surface area contributed by atoms with Crippen LogP contribution in [0.5, 0.6) is 5.75 Å². The lowest BCUT2D eigenvalue weighted by Gasteiger charge is -2.20. The molecule has 98 valence electrons. The molecule has 1 spiro atoms. The Morgan fingerprint density at radius 1 is 1.33 bits per heavy atom.